The maximum Gasteiger partial charge on any atom is 0.330 e. The summed E-state index contributed by atoms with van der Waals surface area (Å²) in [5.74, 6) is 0. The summed E-state index contributed by atoms with van der Waals surface area (Å²) in [7, 11) is 0. The molecule has 1 aromatic heterocycles. The average molecular weight is 246 g/mol. The quantitative estimate of drug-likeness (QED) is 0.567. The van der Waals surface area contributed by atoms with Crippen molar-refractivity contribution < 1.29 is 19.3 Å². The van der Waals surface area contributed by atoms with Crippen molar-refractivity contribution in [3.63, 3.8) is 0 Å². The van der Waals surface area contributed by atoms with Crippen molar-refractivity contribution in [2.75, 3.05) is 6.67 Å². The number of alkyl halides is 1. The summed E-state index contributed by atoms with van der Waals surface area (Å²) < 4.78 is 18.3. The molecule has 3 N–H and O–H groups in total. The van der Waals surface area contributed by atoms with E-state index in [0.29, 0.717) is 0 Å². The molecule has 0 bridgehead atoms. The lowest BCUT2D eigenvalue weighted by atomic mass is 10.1. The van der Waals surface area contributed by atoms with E-state index in [1.165, 1.54) is 0 Å². The van der Waals surface area contributed by atoms with E-state index in [2.05, 4.69) is 0 Å². The van der Waals surface area contributed by atoms with Crippen LogP contribution in [-0.2, 0) is 4.74 Å². The predicted octanol–water partition coefficient (Wildman–Crippen LogP) is -1.87. The van der Waals surface area contributed by atoms with Crippen LogP contribution in [0.1, 0.15) is 6.23 Å². The highest BCUT2D eigenvalue weighted by atomic mass is 19.1. The molecule has 0 amide bonds. The number of aliphatic hydroxyl groups is 2. The van der Waals surface area contributed by atoms with E-state index in [-0.39, 0.29) is 0 Å². The molecule has 0 aromatic carbocycles. The normalized spacial score (nSPS) is 32.9. The monoisotopic (exact) mass is 246 g/mol. The van der Waals surface area contributed by atoms with E-state index in [0.717, 1.165) is 16.8 Å². The summed E-state index contributed by atoms with van der Waals surface area (Å²) in [6, 6.07) is 1.06. The molecule has 1 aromatic rings. The van der Waals surface area contributed by atoms with E-state index < -0.39 is 42.5 Å². The number of aromatic amines is 1. The van der Waals surface area contributed by atoms with Crippen molar-refractivity contribution in [2.45, 2.75) is 24.5 Å². The van der Waals surface area contributed by atoms with Crippen LogP contribution in [0.25, 0.3) is 0 Å². The molecule has 94 valence electrons. The molecule has 0 spiro atoms. The fourth-order valence-electron chi connectivity index (χ4n) is 1.71. The number of rotatable bonds is 2. The zero-order valence-electron chi connectivity index (χ0n) is 8.62. The number of nitrogens with one attached hydrogen (secondary N) is 1. The van der Waals surface area contributed by atoms with E-state index in [1.807, 2.05) is 4.98 Å². The molecule has 4 atom stereocenters. The molecule has 8 heteroatoms. The first-order valence-electron chi connectivity index (χ1n) is 4.93. The van der Waals surface area contributed by atoms with Crippen molar-refractivity contribution in [2.24, 2.45) is 0 Å². The van der Waals surface area contributed by atoms with Crippen molar-refractivity contribution in [1.29, 1.82) is 0 Å². The third kappa shape index (κ3) is 2.02. The molecule has 17 heavy (non-hydrogen) atoms. The van der Waals surface area contributed by atoms with Crippen LogP contribution in [0.4, 0.5) is 4.39 Å². The number of hydrogen-bond acceptors (Lipinski definition) is 5. The molecule has 7 nitrogen and oxygen atoms in total. The van der Waals surface area contributed by atoms with Crippen LogP contribution >= 0.6 is 0 Å². The highest BCUT2D eigenvalue weighted by Crippen LogP contribution is 2.28. The second-order valence-corrected chi connectivity index (χ2v) is 3.72. The molecular formula is C9H11FN2O5. The van der Waals surface area contributed by atoms with Crippen LogP contribution in [0.2, 0.25) is 0 Å². The Bertz CT molecular complexity index is 513. The fourth-order valence-corrected chi connectivity index (χ4v) is 1.71. The number of halogens is 1. The lowest BCUT2D eigenvalue weighted by molar-refractivity contribution is -0.0454. The fraction of sp³-hybridized carbons (Fsp3) is 0.556. The lowest BCUT2D eigenvalue weighted by Gasteiger charge is -2.16. The number of aliphatic hydroxyl groups excluding tert-OH is 2. The first kappa shape index (κ1) is 12.0. The number of hydrogen-bond donors (Lipinski definition) is 3. The summed E-state index contributed by atoms with van der Waals surface area (Å²) in [6.45, 7) is -0.979. The Morgan fingerprint density at radius 2 is 2.12 bits per heavy atom. The standard InChI is InChI=1S/C9H11FN2O5/c10-3-4-6(14)7(15)8(17-4)12-2-1-5(13)11-9(12)16/h1-2,4,6-8,14-15H,3H2,(H,11,13,16)/t4-,6?,7+,8-/m1/s1. The lowest BCUT2D eigenvalue weighted by Crippen LogP contribution is -2.37. The van der Waals surface area contributed by atoms with Gasteiger partial charge in [-0.1, -0.05) is 0 Å². The van der Waals surface area contributed by atoms with Gasteiger partial charge in [0.2, 0.25) is 0 Å². The zero-order valence-corrected chi connectivity index (χ0v) is 8.62. The highest BCUT2D eigenvalue weighted by molar-refractivity contribution is 4.92. The summed E-state index contributed by atoms with van der Waals surface area (Å²) in [5, 5.41) is 19.0. The average Bonchev–Trinajstić information content (AvgIpc) is 2.57. The van der Waals surface area contributed by atoms with E-state index in [9.17, 15) is 24.2 Å². The third-order valence-corrected chi connectivity index (χ3v) is 2.61. The first-order chi connectivity index (χ1) is 8.04. The van der Waals surface area contributed by atoms with Gasteiger partial charge < -0.3 is 14.9 Å². The number of ether oxygens (including phenoxy) is 1. The molecule has 1 fully saturated rings. The minimum Gasteiger partial charge on any atom is -0.387 e. The topological polar surface area (TPSA) is 105 Å². The van der Waals surface area contributed by atoms with Gasteiger partial charge in [0.15, 0.2) is 6.23 Å². The maximum absolute atomic E-state index is 12.4. The molecule has 0 aliphatic carbocycles. The van der Waals surface area contributed by atoms with E-state index >= 15 is 0 Å². The Balaban J connectivity index is 2.35. The molecule has 0 radical (unpaired) electrons. The Morgan fingerprint density at radius 3 is 2.65 bits per heavy atom. The van der Waals surface area contributed by atoms with Crippen LogP contribution in [0.5, 0.6) is 0 Å². The van der Waals surface area contributed by atoms with Gasteiger partial charge in [-0.25, -0.2) is 9.18 Å². The Hall–Kier alpha value is -1.51. The van der Waals surface area contributed by atoms with Gasteiger partial charge in [0.25, 0.3) is 5.56 Å². The first-order valence-corrected chi connectivity index (χ1v) is 4.93. The van der Waals surface area contributed by atoms with Crippen molar-refractivity contribution in [3.05, 3.63) is 33.1 Å². The van der Waals surface area contributed by atoms with Gasteiger partial charge in [0.1, 0.15) is 25.0 Å². The Morgan fingerprint density at radius 1 is 1.41 bits per heavy atom. The van der Waals surface area contributed by atoms with Gasteiger partial charge >= 0.3 is 5.69 Å². The van der Waals surface area contributed by atoms with Crippen LogP contribution < -0.4 is 11.2 Å². The van der Waals surface area contributed by atoms with Crippen LogP contribution in [0.15, 0.2) is 21.9 Å². The highest BCUT2D eigenvalue weighted by Gasteiger charge is 2.43. The molecule has 1 aliphatic rings. The third-order valence-electron chi connectivity index (χ3n) is 2.61. The van der Waals surface area contributed by atoms with Gasteiger partial charge in [0, 0.05) is 12.3 Å². The van der Waals surface area contributed by atoms with Gasteiger partial charge in [0.05, 0.1) is 0 Å². The second-order valence-electron chi connectivity index (χ2n) is 3.72. The van der Waals surface area contributed by atoms with Gasteiger partial charge in [-0.15, -0.1) is 0 Å². The van der Waals surface area contributed by atoms with E-state index in [4.69, 9.17) is 4.74 Å². The summed E-state index contributed by atoms with van der Waals surface area (Å²) in [6.07, 6.45) is -4.13. The largest absolute Gasteiger partial charge is 0.387 e. The van der Waals surface area contributed by atoms with E-state index in [1.54, 1.807) is 0 Å². The van der Waals surface area contributed by atoms with Crippen LogP contribution in [0.3, 0.4) is 0 Å². The summed E-state index contributed by atoms with van der Waals surface area (Å²) in [4.78, 5) is 24.2. The minimum absolute atomic E-state index is 0.596. The van der Waals surface area contributed by atoms with Crippen molar-refractivity contribution in [3.8, 4) is 0 Å². The number of H-pyrrole nitrogens is 1. The predicted molar refractivity (Wildman–Crippen MR) is 53.2 cm³/mol. The van der Waals surface area contributed by atoms with Crippen molar-refractivity contribution in [1.82, 2.24) is 9.55 Å². The van der Waals surface area contributed by atoms with Crippen LogP contribution in [-0.4, -0.2) is 44.8 Å². The zero-order chi connectivity index (χ0) is 12.6. The van der Waals surface area contributed by atoms with Gasteiger partial charge in [-0.3, -0.25) is 14.3 Å². The van der Waals surface area contributed by atoms with Gasteiger partial charge in [-0.2, -0.15) is 0 Å². The summed E-state index contributed by atoms with van der Waals surface area (Å²) in [5.41, 5.74) is -1.39. The Kier molecular flexibility index (Phi) is 3.09. The Labute approximate surface area is 94.1 Å². The molecule has 1 aliphatic heterocycles. The smallest absolute Gasteiger partial charge is 0.330 e. The number of nitrogens with zero attached hydrogens (tertiary/aromatic N) is 1. The molecule has 2 rings (SSSR count). The molecule has 1 unspecified atom stereocenters. The van der Waals surface area contributed by atoms with Gasteiger partial charge in [-0.05, 0) is 0 Å². The molecule has 2 heterocycles. The van der Waals surface area contributed by atoms with Crippen molar-refractivity contribution >= 4 is 0 Å². The SMILES string of the molecule is O=c1ccn([C@@H]2O[C@H](CF)C(O)[C@@H]2O)c(=O)[nH]1. The van der Waals surface area contributed by atoms with Crippen LogP contribution in [0, 0.1) is 0 Å². The molecular weight excluding hydrogens is 235 g/mol. The minimum atomic E-state index is -1.43. The number of aromatic nitrogens is 2. The summed E-state index contributed by atoms with van der Waals surface area (Å²) >= 11 is 0. The molecule has 1 saturated heterocycles. The second kappa shape index (κ2) is 4.40. The molecule has 0 saturated carbocycles. The maximum atomic E-state index is 12.4.